The number of methoxy groups -OCH3 is 2. The first kappa shape index (κ1) is 16.4. The van der Waals surface area contributed by atoms with Crippen LogP contribution in [0.4, 0.5) is 0 Å². The zero-order valence-corrected chi connectivity index (χ0v) is 16.3. The molecule has 4 aliphatic carbocycles. The lowest BCUT2D eigenvalue weighted by atomic mass is 9.35. The lowest BCUT2D eigenvalue weighted by Crippen LogP contribution is -2.80. The van der Waals surface area contributed by atoms with Crippen LogP contribution in [0.1, 0.15) is 36.8 Å². The number of hydrogen-bond acceptors (Lipinski definition) is 5. The molecule has 7 rings (SSSR count). The number of carbonyl (C=O) groups is 1. The fourth-order valence-electron chi connectivity index (χ4n) is 8.04. The van der Waals surface area contributed by atoms with Gasteiger partial charge in [0.1, 0.15) is 18.0 Å². The van der Waals surface area contributed by atoms with E-state index in [1.807, 2.05) is 0 Å². The van der Waals surface area contributed by atoms with Gasteiger partial charge in [0.15, 0.2) is 11.5 Å². The number of hydrogen-bond donors (Lipinski definition) is 0. The van der Waals surface area contributed by atoms with Gasteiger partial charge in [0.05, 0.1) is 7.11 Å². The summed E-state index contributed by atoms with van der Waals surface area (Å²) >= 11 is 0. The monoisotopic (exact) mass is 369 g/mol. The van der Waals surface area contributed by atoms with Crippen LogP contribution in [0, 0.1) is 11.3 Å². The zero-order chi connectivity index (χ0) is 18.6. The van der Waals surface area contributed by atoms with Crippen LogP contribution in [0.25, 0.3) is 0 Å². The summed E-state index contributed by atoms with van der Waals surface area (Å²) in [5, 5.41) is 0. The molecule has 6 atom stereocenters. The van der Waals surface area contributed by atoms with Gasteiger partial charge in [0.2, 0.25) is 0 Å². The molecule has 1 aromatic rings. The maximum Gasteiger partial charge on any atom is 0.165 e. The Morgan fingerprint density at radius 1 is 1.26 bits per heavy atom. The van der Waals surface area contributed by atoms with Gasteiger partial charge in [-0.3, -0.25) is 0 Å². The first-order chi connectivity index (χ1) is 13.1. The van der Waals surface area contributed by atoms with Gasteiger partial charge in [-0.25, -0.2) is 0 Å². The summed E-state index contributed by atoms with van der Waals surface area (Å²) in [6, 6.07) is 4.75. The Morgan fingerprint density at radius 2 is 2.11 bits per heavy atom. The SMILES string of the molecule is COc1ccc2c3c1O[C@H]1[C@@]4(OC)CC[C@@]5(C[C@@H]4C=O)[C@@H](C2)N(C)CC[C@]315. The van der Waals surface area contributed by atoms with Crippen LogP contribution in [0.2, 0.25) is 0 Å². The number of rotatable bonds is 3. The molecule has 5 heteroatoms. The quantitative estimate of drug-likeness (QED) is 0.766. The smallest absolute Gasteiger partial charge is 0.165 e. The minimum absolute atomic E-state index is 0.0601. The molecule has 0 amide bonds. The first-order valence-electron chi connectivity index (χ1n) is 10.2. The van der Waals surface area contributed by atoms with Crippen molar-refractivity contribution >= 4 is 6.29 Å². The molecule has 0 unspecified atom stereocenters. The van der Waals surface area contributed by atoms with Crippen molar-refractivity contribution in [2.45, 2.75) is 55.3 Å². The highest BCUT2D eigenvalue weighted by atomic mass is 16.6. The predicted octanol–water partition coefficient (Wildman–Crippen LogP) is 2.34. The van der Waals surface area contributed by atoms with E-state index >= 15 is 0 Å². The van der Waals surface area contributed by atoms with E-state index in [9.17, 15) is 4.79 Å². The Labute approximate surface area is 160 Å². The summed E-state index contributed by atoms with van der Waals surface area (Å²) in [6.45, 7) is 1.06. The van der Waals surface area contributed by atoms with Gasteiger partial charge in [-0.2, -0.15) is 0 Å². The summed E-state index contributed by atoms with van der Waals surface area (Å²) in [5.74, 6) is 1.63. The van der Waals surface area contributed by atoms with Crippen molar-refractivity contribution < 1.29 is 19.0 Å². The molecule has 6 aliphatic rings. The number of benzene rings is 1. The summed E-state index contributed by atoms with van der Waals surface area (Å²) in [7, 11) is 5.74. The summed E-state index contributed by atoms with van der Waals surface area (Å²) in [5.41, 5.74) is 2.28. The average Bonchev–Trinajstić information content (AvgIpc) is 3.07. The maximum absolute atomic E-state index is 12.2. The molecular weight excluding hydrogens is 342 g/mol. The Kier molecular flexibility index (Phi) is 2.95. The van der Waals surface area contributed by atoms with E-state index < -0.39 is 5.60 Å². The van der Waals surface area contributed by atoms with Crippen LogP contribution in [0.15, 0.2) is 12.1 Å². The molecule has 0 radical (unpaired) electrons. The number of nitrogens with zero attached hydrogens (tertiary/aromatic N) is 1. The van der Waals surface area contributed by atoms with Gasteiger partial charge in [-0.05, 0) is 57.3 Å². The number of likely N-dealkylation sites (tertiary alicyclic amines) is 1. The van der Waals surface area contributed by atoms with E-state index in [1.165, 1.54) is 11.1 Å². The molecule has 4 bridgehead atoms. The molecule has 2 aliphatic heterocycles. The Bertz CT molecular complexity index is 855. The van der Waals surface area contributed by atoms with Crippen molar-refractivity contribution in [3.8, 4) is 11.5 Å². The lowest BCUT2D eigenvalue weighted by Gasteiger charge is -2.73. The van der Waals surface area contributed by atoms with Gasteiger partial charge >= 0.3 is 0 Å². The Hall–Kier alpha value is -1.59. The standard InChI is InChI=1S/C22H27NO4/c1-23-9-8-21-17-13-4-5-15(25-2)18(17)27-19(21)22(26-3)7-6-20(21,16(23)10-13)11-14(22)12-24/h4-5,12,14,16,19H,6-11H2,1-3H3/t14-,16-,19-,20-,21+,22-/m1/s1. The number of ether oxygens (including phenoxy) is 3. The second-order valence-electron chi connectivity index (χ2n) is 9.31. The zero-order valence-electron chi connectivity index (χ0n) is 16.3. The number of piperidine rings is 1. The van der Waals surface area contributed by atoms with Crippen LogP contribution in [0.5, 0.6) is 11.5 Å². The summed E-state index contributed by atoms with van der Waals surface area (Å²) in [6.07, 6.45) is 6.06. The third-order valence-corrected chi connectivity index (χ3v) is 9.05. The fourth-order valence-corrected chi connectivity index (χ4v) is 8.04. The van der Waals surface area contributed by atoms with E-state index in [0.717, 1.165) is 56.4 Å². The second kappa shape index (κ2) is 4.87. The average molecular weight is 369 g/mol. The third-order valence-electron chi connectivity index (χ3n) is 9.05. The second-order valence-corrected chi connectivity index (χ2v) is 9.31. The highest BCUT2D eigenvalue weighted by Crippen LogP contribution is 2.76. The molecule has 27 heavy (non-hydrogen) atoms. The van der Waals surface area contributed by atoms with Gasteiger partial charge in [-0.1, -0.05) is 6.07 Å². The lowest BCUT2D eigenvalue weighted by molar-refractivity contribution is -0.268. The van der Waals surface area contributed by atoms with Gasteiger partial charge < -0.3 is 23.9 Å². The number of fused-ring (bicyclic) bond motifs is 2. The van der Waals surface area contributed by atoms with Gasteiger partial charge in [0.25, 0.3) is 0 Å². The molecule has 144 valence electrons. The summed E-state index contributed by atoms with van der Waals surface area (Å²) in [4.78, 5) is 14.7. The Morgan fingerprint density at radius 3 is 2.85 bits per heavy atom. The van der Waals surface area contributed by atoms with E-state index in [0.29, 0.717) is 6.04 Å². The van der Waals surface area contributed by atoms with Gasteiger partial charge in [-0.15, -0.1) is 0 Å². The van der Waals surface area contributed by atoms with E-state index in [4.69, 9.17) is 14.2 Å². The maximum atomic E-state index is 12.2. The predicted molar refractivity (Wildman–Crippen MR) is 99.4 cm³/mol. The normalized spacial score (nSPS) is 46.0. The van der Waals surface area contributed by atoms with Crippen molar-refractivity contribution in [3.63, 3.8) is 0 Å². The topological polar surface area (TPSA) is 48.0 Å². The fraction of sp³-hybridized carbons (Fsp3) is 0.682. The molecular formula is C22H27NO4. The van der Waals surface area contributed by atoms with E-state index in [2.05, 4.69) is 24.1 Å². The van der Waals surface area contributed by atoms with Crippen LogP contribution in [0.3, 0.4) is 0 Å². The van der Waals surface area contributed by atoms with Crippen molar-refractivity contribution in [1.29, 1.82) is 0 Å². The van der Waals surface area contributed by atoms with Crippen LogP contribution in [-0.4, -0.2) is 56.7 Å². The number of aldehydes is 1. The molecule has 0 N–H and O–H groups in total. The van der Waals surface area contributed by atoms with Crippen molar-refractivity contribution in [3.05, 3.63) is 23.3 Å². The van der Waals surface area contributed by atoms with Crippen LogP contribution in [-0.2, 0) is 21.4 Å². The molecule has 1 saturated heterocycles. The molecule has 2 spiro atoms. The van der Waals surface area contributed by atoms with E-state index in [1.54, 1.807) is 14.2 Å². The van der Waals surface area contributed by atoms with Crippen molar-refractivity contribution in [1.82, 2.24) is 4.90 Å². The highest BCUT2D eigenvalue weighted by Gasteiger charge is 2.80. The van der Waals surface area contributed by atoms with Crippen molar-refractivity contribution in [2.75, 3.05) is 27.8 Å². The third kappa shape index (κ3) is 1.47. The van der Waals surface area contributed by atoms with Crippen molar-refractivity contribution in [2.24, 2.45) is 11.3 Å². The summed E-state index contributed by atoms with van der Waals surface area (Å²) < 4.78 is 18.7. The minimum atomic E-state index is -0.525. The number of carbonyl (C=O) groups excluding carboxylic acids is 1. The highest BCUT2D eigenvalue weighted by molar-refractivity contribution is 5.67. The van der Waals surface area contributed by atoms with E-state index in [-0.39, 0.29) is 22.9 Å². The molecule has 5 nitrogen and oxygen atoms in total. The minimum Gasteiger partial charge on any atom is -0.493 e. The van der Waals surface area contributed by atoms with Gasteiger partial charge in [0, 0.05) is 35.5 Å². The molecule has 2 heterocycles. The molecule has 3 saturated carbocycles. The molecule has 4 fully saturated rings. The van der Waals surface area contributed by atoms with Crippen LogP contribution >= 0.6 is 0 Å². The first-order valence-corrected chi connectivity index (χ1v) is 10.2. The Balaban J connectivity index is 1.70. The number of likely N-dealkylation sites (N-methyl/N-ethyl adjacent to an activating group) is 1. The molecule has 1 aromatic carbocycles. The molecule has 0 aromatic heterocycles. The van der Waals surface area contributed by atoms with Crippen LogP contribution < -0.4 is 9.47 Å². The largest absolute Gasteiger partial charge is 0.493 e.